The summed E-state index contributed by atoms with van der Waals surface area (Å²) in [6.07, 6.45) is 0. The standard InChI is InChI=1S/C14H17ClFN3O/c15-12-2-1-10(7-13(12)16)14(20)19-8-11(9-19)18-5-3-17-4-6-18/h1-2,7,11,17H,3-6,8-9H2. The maximum atomic E-state index is 13.4. The molecule has 2 heterocycles. The fraction of sp³-hybridized carbons (Fsp3) is 0.500. The molecule has 0 saturated carbocycles. The van der Waals surface area contributed by atoms with Gasteiger partial charge in [-0.3, -0.25) is 9.69 Å². The fourth-order valence-electron chi connectivity index (χ4n) is 2.71. The molecule has 2 saturated heterocycles. The van der Waals surface area contributed by atoms with Crippen LogP contribution in [0.1, 0.15) is 10.4 Å². The number of rotatable bonds is 2. The lowest BCUT2D eigenvalue weighted by Crippen LogP contribution is -2.63. The predicted molar refractivity (Wildman–Crippen MR) is 75.5 cm³/mol. The van der Waals surface area contributed by atoms with Crippen LogP contribution in [0.15, 0.2) is 18.2 Å². The zero-order valence-electron chi connectivity index (χ0n) is 11.1. The zero-order valence-corrected chi connectivity index (χ0v) is 11.9. The van der Waals surface area contributed by atoms with Gasteiger partial charge in [-0.15, -0.1) is 0 Å². The first-order valence-corrected chi connectivity index (χ1v) is 7.22. The van der Waals surface area contributed by atoms with Crippen LogP contribution in [0.2, 0.25) is 5.02 Å². The van der Waals surface area contributed by atoms with Crippen molar-refractivity contribution >= 4 is 17.5 Å². The van der Waals surface area contributed by atoms with Crippen LogP contribution in [0.4, 0.5) is 4.39 Å². The molecule has 0 unspecified atom stereocenters. The number of amides is 1. The monoisotopic (exact) mass is 297 g/mol. The maximum absolute atomic E-state index is 13.4. The number of likely N-dealkylation sites (tertiary alicyclic amines) is 1. The molecule has 0 spiro atoms. The summed E-state index contributed by atoms with van der Waals surface area (Å²) < 4.78 is 13.4. The second kappa shape index (κ2) is 5.68. The molecule has 20 heavy (non-hydrogen) atoms. The molecule has 2 aliphatic rings. The Morgan fingerprint density at radius 3 is 2.65 bits per heavy atom. The Balaban J connectivity index is 1.58. The molecule has 1 amide bonds. The molecular weight excluding hydrogens is 281 g/mol. The van der Waals surface area contributed by atoms with Gasteiger partial charge < -0.3 is 10.2 Å². The fourth-order valence-corrected chi connectivity index (χ4v) is 2.83. The van der Waals surface area contributed by atoms with Crippen molar-refractivity contribution in [1.29, 1.82) is 0 Å². The van der Waals surface area contributed by atoms with Gasteiger partial charge in [-0.1, -0.05) is 11.6 Å². The van der Waals surface area contributed by atoms with Crippen LogP contribution >= 0.6 is 11.6 Å². The molecule has 4 nitrogen and oxygen atoms in total. The average molecular weight is 298 g/mol. The highest BCUT2D eigenvalue weighted by Crippen LogP contribution is 2.21. The zero-order chi connectivity index (χ0) is 14.1. The van der Waals surface area contributed by atoms with Crippen molar-refractivity contribution in [3.05, 3.63) is 34.6 Å². The third kappa shape index (κ3) is 2.66. The number of nitrogens with one attached hydrogen (secondary N) is 1. The minimum atomic E-state index is -0.545. The van der Waals surface area contributed by atoms with Crippen molar-refractivity contribution in [3.63, 3.8) is 0 Å². The van der Waals surface area contributed by atoms with E-state index in [1.807, 2.05) is 0 Å². The van der Waals surface area contributed by atoms with E-state index in [0.717, 1.165) is 39.3 Å². The van der Waals surface area contributed by atoms with Crippen molar-refractivity contribution in [2.75, 3.05) is 39.3 Å². The number of carbonyl (C=O) groups excluding carboxylic acids is 1. The SMILES string of the molecule is O=C(c1ccc(Cl)c(F)c1)N1CC(N2CCNCC2)C1. The molecule has 108 valence electrons. The normalized spacial score (nSPS) is 20.8. The molecule has 2 aliphatic heterocycles. The summed E-state index contributed by atoms with van der Waals surface area (Å²) in [5, 5.41) is 3.36. The van der Waals surface area contributed by atoms with Crippen LogP contribution in [0.25, 0.3) is 0 Å². The van der Waals surface area contributed by atoms with Gasteiger partial charge >= 0.3 is 0 Å². The summed E-state index contributed by atoms with van der Waals surface area (Å²) in [5.41, 5.74) is 0.366. The van der Waals surface area contributed by atoms with E-state index in [1.165, 1.54) is 12.1 Å². The molecule has 2 fully saturated rings. The Morgan fingerprint density at radius 1 is 1.30 bits per heavy atom. The molecule has 1 aromatic carbocycles. The number of piperazine rings is 1. The van der Waals surface area contributed by atoms with E-state index in [-0.39, 0.29) is 10.9 Å². The van der Waals surface area contributed by atoms with Crippen molar-refractivity contribution in [3.8, 4) is 0 Å². The number of hydrogen-bond acceptors (Lipinski definition) is 3. The number of halogens is 2. The van der Waals surface area contributed by atoms with Gasteiger partial charge in [0.25, 0.3) is 5.91 Å². The molecule has 0 aromatic heterocycles. The Kier molecular flexibility index (Phi) is 3.92. The quantitative estimate of drug-likeness (QED) is 0.891. The highest BCUT2D eigenvalue weighted by atomic mass is 35.5. The van der Waals surface area contributed by atoms with E-state index >= 15 is 0 Å². The second-order valence-electron chi connectivity index (χ2n) is 5.28. The van der Waals surface area contributed by atoms with E-state index < -0.39 is 5.82 Å². The van der Waals surface area contributed by atoms with E-state index in [4.69, 9.17) is 11.6 Å². The highest BCUT2D eigenvalue weighted by molar-refractivity contribution is 6.30. The van der Waals surface area contributed by atoms with Crippen molar-refractivity contribution < 1.29 is 9.18 Å². The van der Waals surface area contributed by atoms with Crippen molar-refractivity contribution in [2.24, 2.45) is 0 Å². The summed E-state index contributed by atoms with van der Waals surface area (Å²) in [5.74, 6) is -0.663. The molecule has 3 rings (SSSR count). The van der Waals surface area contributed by atoms with Gasteiger partial charge in [0.2, 0.25) is 0 Å². The lowest BCUT2D eigenvalue weighted by atomic mass is 10.0. The van der Waals surface area contributed by atoms with Gasteiger partial charge in [0.15, 0.2) is 0 Å². The van der Waals surface area contributed by atoms with Crippen molar-refractivity contribution in [1.82, 2.24) is 15.1 Å². The summed E-state index contributed by atoms with van der Waals surface area (Å²) in [6.45, 7) is 5.52. The minimum absolute atomic E-state index is 0.0452. The molecule has 0 aliphatic carbocycles. The van der Waals surface area contributed by atoms with Gasteiger partial charge in [0.1, 0.15) is 5.82 Å². The Bertz CT molecular complexity index is 513. The van der Waals surface area contributed by atoms with Gasteiger partial charge in [-0.25, -0.2) is 4.39 Å². The van der Waals surface area contributed by atoms with Crippen LogP contribution in [0, 0.1) is 5.82 Å². The Morgan fingerprint density at radius 2 is 2.00 bits per heavy atom. The van der Waals surface area contributed by atoms with Crippen LogP contribution in [-0.4, -0.2) is 61.0 Å². The Labute approximate surface area is 122 Å². The summed E-state index contributed by atoms with van der Waals surface area (Å²) in [6, 6.07) is 4.66. The molecular formula is C14H17ClFN3O. The molecule has 6 heteroatoms. The first kappa shape index (κ1) is 13.8. The largest absolute Gasteiger partial charge is 0.335 e. The third-order valence-corrected chi connectivity index (χ3v) is 4.29. The molecule has 1 N–H and O–H groups in total. The molecule has 0 radical (unpaired) electrons. The number of carbonyl (C=O) groups is 1. The van der Waals surface area contributed by atoms with Crippen LogP contribution in [0.5, 0.6) is 0 Å². The summed E-state index contributed by atoms with van der Waals surface area (Å²) in [7, 11) is 0. The maximum Gasteiger partial charge on any atom is 0.254 e. The van der Waals surface area contributed by atoms with E-state index in [9.17, 15) is 9.18 Å². The van der Waals surface area contributed by atoms with Gasteiger partial charge in [-0.2, -0.15) is 0 Å². The lowest BCUT2D eigenvalue weighted by molar-refractivity contribution is 0.0227. The van der Waals surface area contributed by atoms with E-state index in [2.05, 4.69) is 10.2 Å². The van der Waals surface area contributed by atoms with E-state index in [1.54, 1.807) is 11.0 Å². The van der Waals surface area contributed by atoms with Gasteiger partial charge in [-0.05, 0) is 18.2 Å². The highest BCUT2D eigenvalue weighted by Gasteiger charge is 2.35. The Hall–Kier alpha value is -1.17. The molecule has 1 aromatic rings. The third-order valence-electron chi connectivity index (χ3n) is 3.98. The summed E-state index contributed by atoms with van der Waals surface area (Å²) >= 11 is 5.62. The number of nitrogens with zero attached hydrogens (tertiary/aromatic N) is 2. The summed E-state index contributed by atoms with van der Waals surface area (Å²) in [4.78, 5) is 16.4. The van der Waals surface area contributed by atoms with Crippen LogP contribution in [0.3, 0.4) is 0 Å². The van der Waals surface area contributed by atoms with Gasteiger partial charge in [0, 0.05) is 50.9 Å². The first-order chi connectivity index (χ1) is 9.65. The van der Waals surface area contributed by atoms with Crippen LogP contribution in [-0.2, 0) is 0 Å². The minimum Gasteiger partial charge on any atom is -0.335 e. The topological polar surface area (TPSA) is 35.6 Å². The average Bonchev–Trinajstić information content (AvgIpc) is 2.41. The predicted octanol–water partition coefficient (Wildman–Crippen LogP) is 1.21. The molecule has 0 bridgehead atoms. The van der Waals surface area contributed by atoms with E-state index in [0.29, 0.717) is 11.6 Å². The van der Waals surface area contributed by atoms with Crippen molar-refractivity contribution in [2.45, 2.75) is 6.04 Å². The number of hydrogen-bond donors (Lipinski definition) is 1. The molecule has 0 atom stereocenters. The first-order valence-electron chi connectivity index (χ1n) is 6.84. The lowest BCUT2D eigenvalue weighted by Gasteiger charge is -2.46. The number of benzene rings is 1. The second-order valence-corrected chi connectivity index (χ2v) is 5.69. The van der Waals surface area contributed by atoms with Gasteiger partial charge in [0.05, 0.1) is 5.02 Å². The smallest absolute Gasteiger partial charge is 0.254 e. The van der Waals surface area contributed by atoms with Crippen LogP contribution < -0.4 is 5.32 Å².